The van der Waals surface area contributed by atoms with Crippen LogP contribution in [-0.4, -0.2) is 38.8 Å². The van der Waals surface area contributed by atoms with Gasteiger partial charge >= 0.3 is 5.97 Å². The van der Waals surface area contributed by atoms with Crippen molar-refractivity contribution >= 4 is 5.97 Å². The summed E-state index contributed by atoms with van der Waals surface area (Å²) in [6, 6.07) is 1.95. The van der Waals surface area contributed by atoms with Crippen LogP contribution < -0.4 is 0 Å². The summed E-state index contributed by atoms with van der Waals surface area (Å²) < 4.78 is 1.81. The standard InChI is InChI=1S/C10H17N3O2/c1-3-13(7-5-10(14)15)8-9-4-6-11-12(9)2/h4,6H,3,5,7-8H2,1-2H3,(H,14,15). The van der Waals surface area contributed by atoms with E-state index in [-0.39, 0.29) is 6.42 Å². The SMILES string of the molecule is CCN(CCC(=O)O)Cc1ccnn1C. The van der Waals surface area contributed by atoms with Crippen LogP contribution in [0, 0.1) is 0 Å². The van der Waals surface area contributed by atoms with E-state index in [0.29, 0.717) is 6.54 Å². The van der Waals surface area contributed by atoms with Crippen LogP contribution in [0.5, 0.6) is 0 Å². The van der Waals surface area contributed by atoms with Gasteiger partial charge < -0.3 is 5.11 Å². The summed E-state index contributed by atoms with van der Waals surface area (Å²) in [6.45, 7) is 4.20. The van der Waals surface area contributed by atoms with Gasteiger partial charge in [-0.05, 0) is 12.6 Å². The third-order valence-electron chi connectivity index (χ3n) is 2.40. The Bertz CT molecular complexity index is 322. The maximum atomic E-state index is 10.4. The van der Waals surface area contributed by atoms with Gasteiger partial charge in [0.2, 0.25) is 0 Å². The van der Waals surface area contributed by atoms with Gasteiger partial charge in [0.25, 0.3) is 0 Å². The van der Waals surface area contributed by atoms with Crippen LogP contribution in [0.4, 0.5) is 0 Å². The van der Waals surface area contributed by atoms with E-state index in [9.17, 15) is 4.79 Å². The van der Waals surface area contributed by atoms with E-state index in [1.54, 1.807) is 6.20 Å². The molecule has 1 aromatic rings. The Morgan fingerprint density at radius 3 is 2.87 bits per heavy atom. The van der Waals surface area contributed by atoms with E-state index in [2.05, 4.69) is 10.00 Å². The van der Waals surface area contributed by atoms with Gasteiger partial charge in [0.15, 0.2) is 0 Å². The fourth-order valence-electron chi connectivity index (χ4n) is 1.39. The second-order valence-corrected chi connectivity index (χ2v) is 3.46. The Labute approximate surface area is 89.3 Å². The Morgan fingerprint density at radius 2 is 2.40 bits per heavy atom. The first-order chi connectivity index (χ1) is 7.13. The molecule has 0 radical (unpaired) electrons. The summed E-state index contributed by atoms with van der Waals surface area (Å²) >= 11 is 0. The summed E-state index contributed by atoms with van der Waals surface area (Å²) in [5.74, 6) is -0.751. The van der Waals surface area contributed by atoms with E-state index in [4.69, 9.17) is 5.11 Å². The quantitative estimate of drug-likeness (QED) is 0.753. The van der Waals surface area contributed by atoms with E-state index >= 15 is 0 Å². The van der Waals surface area contributed by atoms with Gasteiger partial charge in [-0.15, -0.1) is 0 Å². The average Bonchev–Trinajstić information content (AvgIpc) is 2.58. The van der Waals surface area contributed by atoms with E-state index in [1.165, 1.54) is 0 Å². The van der Waals surface area contributed by atoms with Crippen LogP contribution in [0.2, 0.25) is 0 Å². The number of aromatic nitrogens is 2. The molecule has 0 spiro atoms. The number of aliphatic carboxylic acids is 1. The highest BCUT2D eigenvalue weighted by Crippen LogP contribution is 2.03. The van der Waals surface area contributed by atoms with E-state index in [0.717, 1.165) is 18.8 Å². The molecule has 84 valence electrons. The highest BCUT2D eigenvalue weighted by atomic mass is 16.4. The highest BCUT2D eigenvalue weighted by Gasteiger charge is 2.08. The molecule has 0 bridgehead atoms. The number of nitrogens with zero attached hydrogens (tertiary/aromatic N) is 3. The van der Waals surface area contributed by atoms with Crippen molar-refractivity contribution in [3.05, 3.63) is 18.0 Å². The molecule has 15 heavy (non-hydrogen) atoms. The predicted octanol–water partition coefficient (Wildman–Crippen LogP) is 0.717. The van der Waals surface area contributed by atoms with Crippen LogP contribution in [0.1, 0.15) is 19.0 Å². The van der Waals surface area contributed by atoms with Gasteiger partial charge in [-0.1, -0.05) is 6.92 Å². The minimum Gasteiger partial charge on any atom is -0.481 e. The van der Waals surface area contributed by atoms with E-state index in [1.807, 2.05) is 24.7 Å². The van der Waals surface area contributed by atoms with Gasteiger partial charge in [-0.2, -0.15) is 5.10 Å². The lowest BCUT2D eigenvalue weighted by Gasteiger charge is -2.19. The van der Waals surface area contributed by atoms with Crippen molar-refractivity contribution in [2.75, 3.05) is 13.1 Å². The normalized spacial score (nSPS) is 10.9. The number of carboxylic acid groups (broad SMARTS) is 1. The first kappa shape index (κ1) is 11.7. The minimum atomic E-state index is -0.751. The first-order valence-corrected chi connectivity index (χ1v) is 5.04. The number of aryl methyl sites for hydroxylation is 1. The molecule has 0 atom stereocenters. The van der Waals surface area contributed by atoms with Crippen molar-refractivity contribution in [3.8, 4) is 0 Å². The Hall–Kier alpha value is -1.36. The number of hydrogen-bond acceptors (Lipinski definition) is 3. The second kappa shape index (κ2) is 5.50. The monoisotopic (exact) mass is 211 g/mol. The molecule has 0 fully saturated rings. The lowest BCUT2D eigenvalue weighted by molar-refractivity contribution is -0.137. The fraction of sp³-hybridized carbons (Fsp3) is 0.600. The van der Waals surface area contributed by atoms with E-state index < -0.39 is 5.97 Å². The Balaban J connectivity index is 2.47. The highest BCUT2D eigenvalue weighted by molar-refractivity contribution is 5.66. The molecule has 0 amide bonds. The van der Waals surface area contributed by atoms with Gasteiger partial charge in [0.1, 0.15) is 0 Å². The van der Waals surface area contributed by atoms with Crippen molar-refractivity contribution in [1.82, 2.24) is 14.7 Å². The van der Waals surface area contributed by atoms with Gasteiger partial charge in [-0.3, -0.25) is 14.4 Å². The summed E-state index contributed by atoms with van der Waals surface area (Å²) in [6.07, 6.45) is 1.94. The van der Waals surface area contributed by atoms with Gasteiger partial charge in [0.05, 0.1) is 12.1 Å². The van der Waals surface area contributed by atoms with Crippen molar-refractivity contribution in [2.45, 2.75) is 19.9 Å². The summed E-state index contributed by atoms with van der Waals surface area (Å²) in [4.78, 5) is 12.5. The number of carboxylic acids is 1. The third kappa shape index (κ3) is 3.71. The molecule has 0 aliphatic rings. The van der Waals surface area contributed by atoms with Gasteiger partial charge in [-0.25, -0.2) is 0 Å². The molecule has 0 saturated heterocycles. The molecular weight excluding hydrogens is 194 g/mol. The van der Waals surface area contributed by atoms with Crippen molar-refractivity contribution in [3.63, 3.8) is 0 Å². The zero-order valence-electron chi connectivity index (χ0n) is 9.18. The third-order valence-corrected chi connectivity index (χ3v) is 2.40. The predicted molar refractivity (Wildman–Crippen MR) is 56.4 cm³/mol. The lowest BCUT2D eigenvalue weighted by Crippen LogP contribution is -2.26. The number of rotatable bonds is 6. The molecule has 0 unspecified atom stereocenters. The van der Waals surface area contributed by atoms with Crippen molar-refractivity contribution in [2.24, 2.45) is 7.05 Å². The molecule has 0 aliphatic carbocycles. The molecular formula is C10H17N3O2. The Kier molecular flexibility index (Phi) is 4.30. The molecule has 5 nitrogen and oxygen atoms in total. The molecule has 1 rings (SSSR count). The maximum Gasteiger partial charge on any atom is 0.304 e. The molecule has 1 heterocycles. The number of carbonyl (C=O) groups is 1. The van der Waals surface area contributed by atoms with Crippen LogP contribution in [0.25, 0.3) is 0 Å². The van der Waals surface area contributed by atoms with Crippen LogP contribution in [0.15, 0.2) is 12.3 Å². The van der Waals surface area contributed by atoms with Crippen LogP contribution in [-0.2, 0) is 18.4 Å². The molecule has 1 aromatic heterocycles. The van der Waals surface area contributed by atoms with Crippen LogP contribution in [0.3, 0.4) is 0 Å². The molecule has 0 saturated carbocycles. The van der Waals surface area contributed by atoms with Crippen molar-refractivity contribution in [1.29, 1.82) is 0 Å². The molecule has 1 N–H and O–H groups in total. The molecule has 0 aliphatic heterocycles. The second-order valence-electron chi connectivity index (χ2n) is 3.46. The minimum absolute atomic E-state index is 0.186. The smallest absolute Gasteiger partial charge is 0.304 e. The lowest BCUT2D eigenvalue weighted by atomic mass is 10.3. The maximum absolute atomic E-state index is 10.4. The fourth-order valence-corrected chi connectivity index (χ4v) is 1.39. The zero-order valence-corrected chi connectivity index (χ0v) is 9.18. The Morgan fingerprint density at radius 1 is 1.67 bits per heavy atom. The average molecular weight is 211 g/mol. The largest absolute Gasteiger partial charge is 0.481 e. The first-order valence-electron chi connectivity index (χ1n) is 5.04. The summed E-state index contributed by atoms with van der Waals surface area (Å²) in [5.41, 5.74) is 1.10. The molecule has 0 aromatic carbocycles. The van der Waals surface area contributed by atoms with Crippen LogP contribution >= 0.6 is 0 Å². The van der Waals surface area contributed by atoms with Crippen molar-refractivity contribution < 1.29 is 9.90 Å². The summed E-state index contributed by atoms with van der Waals surface area (Å²) in [7, 11) is 1.89. The summed E-state index contributed by atoms with van der Waals surface area (Å²) in [5, 5.41) is 12.7. The van der Waals surface area contributed by atoms with Gasteiger partial charge in [0, 0.05) is 26.3 Å². The number of hydrogen-bond donors (Lipinski definition) is 1. The zero-order chi connectivity index (χ0) is 11.3. The molecule has 5 heteroatoms. The topological polar surface area (TPSA) is 58.4 Å².